The lowest BCUT2D eigenvalue weighted by atomic mass is 10.1. The number of allylic oxidation sites excluding steroid dienone is 2. The van der Waals surface area contributed by atoms with Crippen LogP contribution in [-0.2, 0) is 6.42 Å². The van der Waals surface area contributed by atoms with E-state index in [9.17, 15) is 0 Å². The second-order valence-electron chi connectivity index (χ2n) is 5.72. The number of fused-ring (bicyclic) bond motifs is 3. The molecular formula is C16H17N7O. The molecule has 3 aromatic rings. The molecule has 3 heterocycles. The minimum Gasteiger partial charge on any atom is -0.401 e. The van der Waals surface area contributed by atoms with Crippen LogP contribution in [0.2, 0.25) is 0 Å². The lowest BCUT2D eigenvalue weighted by Gasteiger charge is -2.22. The summed E-state index contributed by atoms with van der Waals surface area (Å²) in [5, 5.41) is 5.48. The summed E-state index contributed by atoms with van der Waals surface area (Å²) in [7, 11) is 0. The van der Waals surface area contributed by atoms with Gasteiger partial charge in [0.1, 0.15) is 6.33 Å². The van der Waals surface area contributed by atoms with Gasteiger partial charge < -0.3 is 10.3 Å². The molecule has 0 aliphatic carbocycles. The molecule has 0 spiro atoms. The summed E-state index contributed by atoms with van der Waals surface area (Å²) in [6, 6.07) is 7.82. The van der Waals surface area contributed by atoms with Gasteiger partial charge in [-0.05, 0) is 26.0 Å². The highest BCUT2D eigenvalue weighted by atomic mass is 16.5. The van der Waals surface area contributed by atoms with Crippen LogP contribution in [0.1, 0.15) is 18.4 Å². The smallest absolute Gasteiger partial charge is 0.278 e. The Morgan fingerprint density at radius 3 is 2.67 bits per heavy atom. The second kappa shape index (κ2) is 5.20. The van der Waals surface area contributed by atoms with E-state index in [1.165, 1.54) is 0 Å². The first-order valence-electron chi connectivity index (χ1n) is 7.52. The predicted octanol–water partition coefficient (Wildman–Crippen LogP) is 1.66. The van der Waals surface area contributed by atoms with Gasteiger partial charge in [0.2, 0.25) is 0 Å². The van der Waals surface area contributed by atoms with Gasteiger partial charge in [-0.25, -0.2) is 10.8 Å². The maximum atomic E-state index is 6.33. The van der Waals surface area contributed by atoms with Gasteiger partial charge in [-0.2, -0.15) is 4.98 Å². The van der Waals surface area contributed by atoms with Crippen LogP contribution in [-0.4, -0.2) is 19.7 Å². The number of anilines is 1. The van der Waals surface area contributed by atoms with Crippen LogP contribution in [0.25, 0.3) is 17.3 Å². The van der Waals surface area contributed by atoms with Crippen molar-refractivity contribution < 1.29 is 4.52 Å². The van der Waals surface area contributed by atoms with E-state index in [4.69, 9.17) is 16.1 Å². The summed E-state index contributed by atoms with van der Waals surface area (Å²) in [5.74, 6) is 7.28. The van der Waals surface area contributed by atoms with Crippen LogP contribution >= 0.6 is 0 Å². The van der Waals surface area contributed by atoms with Gasteiger partial charge in [-0.15, -0.1) is 0 Å². The molecule has 24 heavy (non-hydrogen) atoms. The van der Waals surface area contributed by atoms with Crippen molar-refractivity contribution in [3.8, 4) is 17.3 Å². The normalized spacial score (nSPS) is 15.7. The van der Waals surface area contributed by atoms with Crippen LogP contribution in [0.15, 0.2) is 46.5 Å². The Hall–Kier alpha value is -3.13. The zero-order chi connectivity index (χ0) is 16.8. The standard InChI is InChI=1S/C16H17N7O/c1-9(17)13-7-14-15(16-20-10(2)21-24-16)19-8-22(14)11-5-3-4-6-12(11)23(13)18/h3-6,8H,7,17-18H2,1-2H3/b13-9-. The van der Waals surface area contributed by atoms with Gasteiger partial charge in [0.25, 0.3) is 5.89 Å². The quantitative estimate of drug-likeness (QED) is 0.655. The first kappa shape index (κ1) is 14.5. The van der Waals surface area contributed by atoms with E-state index in [1.807, 2.05) is 35.8 Å². The van der Waals surface area contributed by atoms with Gasteiger partial charge in [0, 0.05) is 12.1 Å². The summed E-state index contributed by atoms with van der Waals surface area (Å²) in [5.41, 5.74) is 10.8. The van der Waals surface area contributed by atoms with Gasteiger partial charge in [0.05, 0.1) is 22.8 Å². The maximum absolute atomic E-state index is 6.33. The molecule has 0 atom stereocenters. The van der Waals surface area contributed by atoms with Crippen LogP contribution in [0, 0.1) is 6.92 Å². The zero-order valence-corrected chi connectivity index (χ0v) is 13.4. The third-order valence-electron chi connectivity index (χ3n) is 4.08. The van der Waals surface area contributed by atoms with Crippen molar-refractivity contribution in [3.63, 3.8) is 0 Å². The van der Waals surface area contributed by atoms with Crippen molar-refractivity contribution in [2.24, 2.45) is 11.6 Å². The number of hydrogen-bond donors (Lipinski definition) is 2. The summed E-state index contributed by atoms with van der Waals surface area (Å²) < 4.78 is 7.28. The van der Waals surface area contributed by atoms with E-state index in [-0.39, 0.29) is 0 Å². The monoisotopic (exact) mass is 323 g/mol. The number of aromatic nitrogens is 4. The number of nitrogens with two attached hydrogens (primary N) is 2. The number of hydrazine groups is 1. The molecule has 1 aromatic carbocycles. The summed E-state index contributed by atoms with van der Waals surface area (Å²) in [6.07, 6.45) is 2.25. The van der Waals surface area contributed by atoms with E-state index in [0.29, 0.717) is 29.5 Å². The van der Waals surface area contributed by atoms with Crippen LogP contribution in [0.4, 0.5) is 5.69 Å². The topological polar surface area (TPSA) is 112 Å². The molecule has 0 saturated carbocycles. The first-order valence-corrected chi connectivity index (χ1v) is 7.52. The number of imidazole rings is 1. The average molecular weight is 323 g/mol. The van der Waals surface area contributed by atoms with Crippen molar-refractivity contribution in [1.29, 1.82) is 0 Å². The Kier molecular flexibility index (Phi) is 3.14. The Balaban J connectivity index is 1.99. The molecule has 0 unspecified atom stereocenters. The molecule has 1 aliphatic heterocycles. The largest absolute Gasteiger partial charge is 0.401 e. The number of aryl methyl sites for hydroxylation is 1. The number of hydrogen-bond acceptors (Lipinski definition) is 7. The van der Waals surface area contributed by atoms with Crippen LogP contribution < -0.4 is 16.6 Å². The molecule has 8 nitrogen and oxygen atoms in total. The highest BCUT2D eigenvalue weighted by molar-refractivity contribution is 5.69. The number of rotatable bonds is 1. The minimum absolute atomic E-state index is 0.387. The molecule has 0 fully saturated rings. The van der Waals surface area contributed by atoms with Crippen molar-refractivity contribution in [2.45, 2.75) is 20.3 Å². The molecule has 8 heteroatoms. The fourth-order valence-corrected chi connectivity index (χ4v) is 2.91. The third kappa shape index (κ3) is 2.08. The third-order valence-corrected chi connectivity index (χ3v) is 4.08. The van der Waals surface area contributed by atoms with E-state index >= 15 is 0 Å². The summed E-state index contributed by atoms with van der Waals surface area (Å²) in [6.45, 7) is 3.61. The SMILES string of the molecule is C/C(N)=C1\Cc2c(-c3nc(C)no3)ncn2-c2ccccc2N1N. The molecule has 1 aliphatic rings. The van der Waals surface area contributed by atoms with E-state index in [1.54, 1.807) is 18.3 Å². The lowest BCUT2D eigenvalue weighted by Crippen LogP contribution is -2.32. The van der Waals surface area contributed by atoms with E-state index < -0.39 is 0 Å². The Bertz CT molecular complexity index is 949. The molecule has 0 bridgehead atoms. The number of para-hydroxylation sites is 2. The summed E-state index contributed by atoms with van der Waals surface area (Å²) >= 11 is 0. The molecule has 4 N–H and O–H groups in total. The maximum Gasteiger partial charge on any atom is 0.278 e. The van der Waals surface area contributed by atoms with Crippen LogP contribution in [0.5, 0.6) is 0 Å². The van der Waals surface area contributed by atoms with Gasteiger partial charge in [0.15, 0.2) is 11.5 Å². The number of benzene rings is 1. The fraction of sp³-hybridized carbons (Fsp3) is 0.188. The summed E-state index contributed by atoms with van der Waals surface area (Å²) in [4.78, 5) is 8.78. The molecule has 0 saturated heterocycles. The molecule has 122 valence electrons. The fourth-order valence-electron chi connectivity index (χ4n) is 2.91. The highest BCUT2D eigenvalue weighted by Crippen LogP contribution is 2.35. The molecular weight excluding hydrogens is 306 g/mol. The highest BCUT2D eigenvalue weighted by Gasteiger charge is 2.27. The Morgan fingerprint density at radius 1 is 1.25 bits per heavy atom. The van der Waals surface area contributed by atoms with Crippen LogP contribution in [0.3, 0.4) is 0 Å². The zero-order valence-electron chi connectivity index (χ0n) is 13.4. The lowest BCUT2D eigenvalue weighted by molar-refractivity contribution is 0.424. The van der Waals surface area contributed by atoms with Crippen molar-refractivity contribution in [2.75, 3.05) is 5.01 Å². The Morgan fingerprint density at radius 2 is 2.00 bits per heavy atom. The molecule has 0 amide bonds. The Labute approximate surface area is 138 Å². The first-order chi connectivity index (χ1) is 11.6. The van der Waals surface area contributed by atoms with E-state index in [0.717, 1.165) is 22.8 Å². The van der Waals surface area contributed by atoms with Gasteiger partial charge in [-0.1, -0.05) is 17.3 Å². The average Bonchev–Trinajstić information content (AvgIpc) is 3.14. The van der Waals surface area contributed by atoms with Crippen molar-refractivity contribution in [1.82, 2.24) is 19.7 Å². The van der Waals surface area contributed by atoms with Crippen molar-refractivity contribution >= 4 is 5.69 Å². The molecule has 4 rings (SSSR count). The second-order valence-corrected chi connectivity index (χ2v) is 5.72. The van der Waals surface area contributed by atoms with Gasteiger partial charge >= 0.3 is 0 Å². The minimum atomic E-state index is 0.387. The number of nitrogens with zero attached hydrogens (tertiary/aromatic N) is 5. The van der Waals surface area contributed by atoms with Crippen molar-refractivity contribution in [3.05, 3.63) is 53.5 Å². The molecule has 2 aromatic heterocycles. The van der Waals surface area contributed by atoms with Gasteiger partial charge in [-0.3, -0.25) is 9.58 Å². The predicted molar refractivity (Wildman–Crippen MR) is 88.9 cm³/mol. The molecule has 0 radical (unpaired) electrons. The van der Waals surface area contributed by atoms with E-state index in [2.05, 4.69) is 15.1 Å².